The van der Waals surface area contributed by atoms with E-state index in [0.717, 1.165) is 12.8 Å². The highest BCUT2D eigenvalue weighted by Gasteiger charge is 2.22. The molecule has 1 saturated heterocycles. The van der Waals surface area contributed by atoms with Crippen molar-refractivity contribution in [2.45, 2.75) is 26.2 Å². The Hall–Kier alpha value is -2.11. The van der Waals surface area contributed by atoms with Crippen molar-refractivity contribution in [1.29, 1.82) is 0 Å². The molecular weight excluding hydrogens is 246 g/mol. The minimum Gasteiger partial charge on any atom is -0.462 e. The Balaban J connectivity index is 2.29. The van der Waals surface area contributed by atoms with E-state index < -0.39 is 5.97 Å². The fourth-order valence-electron chi connectivity index (χ4n) is 2.06. The lowest BCUT2D eigenvalue weighted by atomic mass is 10.1. The number of aromatic nitrogens is 1. The average molecular weight is 263 g/mol. The third-order valence-electron chi connectivity index (χ3n) is 3.03. The van der Waals surface area contributed by atoms with E-state index in [1.165, 1.54) is 6.20 Å². The molecule has 2 rings (SSSR count). The highest BCUT2D eigenvalue weighted by atomic mass is 16.5. The zero-order valence-electron chi connectivity index (χ0n) is 10.9. The van der Waals surface area contributed by atoms with Crippen molar-refractivity contribution in [3.8, 4) is 0 Å². The maximum Gasteiger partial charge on any atom is 0.341 e. The summed E-state index contributed by atoms with van der Waals surface area (Å²) in [4.78, 5) is 29.2. The second kappa shape index (κ2) is 5.69. The van der Waals surface area contributed by atoms with Gasteiger partial charge in [-0.2, -0.15) is 0 Å². The van der Waals surface area contributed by atoms with Crippen molar-refractivity contribution in [2.75, 3.05) is 23.8 Å². The Morgan fingerprint density at radius 3 is 3.00 bits per heavy atom. The van der Waals surface area contributed by atoms with E-state index in [4.69, 9.17) is 10.5 Å². The second-order valence-corrected chi connectivity index (χ2v) is 4.35. The van der Waals surface area contributed by atoms with Crippen LogP contribution in [0, 0.1) is 0 Å². The number of nitrogen functional groups attached to an aromatic ring is 1. The molecule has 2 N–H and O–H groups in total. The molecule has 6 heteroatoms. The molecule has 19 heavy (non-hydrogen) atoms. The van der Waals surface area contributed by atoms with Crippen molar-refractivity contribution in [2.24, 2.45) is 0 Å². The maximum atomic E-state index is 11.8. The zero-order valence-corrected chi connectivity index (χ0v) is 10.9. The van der Waals surface area contributed by atoms with Crippen LogP contribution < -0.4 is 10.6 Å². The van der Waals surface area contributed by atoms with Gasteiger partial charge in [-0.3, -0.25) is 4.79 Å². The molecule has 2 heterocycles. The number of piperidine rings is 1. The van der Waals surface area contributed by atoms with Crippen LogP contribution >= 0.6 is 0 Å². The molecule has 1 aromatic rings. The number of rotatable bonds is 3. The van der Waals surface area contributed by atoms with Crippen molar-refractivity contribution in [1.82, 2.24) is 4.98 Å². The van der Waals surface area contributed by atoms with Gasteiger partial charge in [0.2, 0.25) is 5.91 Å². The van der Waals surface area contributed by atoms with Gasteiger partial charge in [-0.1, -0.05) is 0 Å². The van der Waals surface area contributed by atoms with Crippen LogP contribution in [0.4, 0.5) is 11.5 Å². The van der Waals surface area contributed by atoms with Crippen molar-refractivity contribution >= 4 is 23.4 Å². The summed E-state index contributed by atoms with van der Waals surface area (Å²) >= 11 is 0. The van der Waals surface area contributed by atoms with Gasteiger partial charge in [0.15, 0.2) is 0 Å². The molecule has 1 fully saturated rings. The number of esters is 1. The van der Waals surface area contributed by atoms with E-state index in [-0.39, 0.29) is 23.9 Å². The predicted molar refractivity (Wildman–Crippen MR) is 70.8 cm³/mol. The largest absolute Gasteiger partial charge is 0.462 e. The molecule has 1 aliphatic heterocycles. The monoisotopic (exact) mass is 263 g/mol. The van der Waals surface area contributed by atoms with E-state index in [0.29, 0.717) is 18.7 Å². The number of ether oxygens (including phenoxy) is 1. The summed E-state index contributed by atoms with van der Waals surface area (Å²) in [6.45, 7) is 2.64. The Bertz CT molecular complexity index is 502. The number of carbonyl (C=O) groups is 2. The van der Waals surface area contributed by atoms with E-state index in [1.54, 1.807) is 17.9 Å². The van der Waals surface area contributed by atoms with Gasteiger partial charge in [0, 0.05) is 13.0 Å². The first kappa shape index (κ1) is 13.3. The first-order valence-electron chi connectivity index (χ1n) is 6.36. The van der Waals surface area contributed by atoms with Gasteiger partial charge >= 0.3 is 5.97 Å². The number of carbonyl (C=O) groups excluding carboxylic acids is 2. The molecule has 102 valence electrons. The molecule has 1 aliphatic rings. The first-order chi connectivity index (χ1) is 9.13. The first-order valence-corrected chi connectivity index (χ1v) is 6.36. The molecule has 0 spiro atoms. The smallest absolute Gasteiger partial charge is 0.341 e. The van der Waals surface area contributed by atoms with Crippen LogP contribution in [-0.4, -0.2) is 30.0 Å². The van der Waals surface area contributed by atoms with Crippen LogP contribution in [0.25, 0.3) is 0 Å². The van der Waals surface area contributed by atoms with Gasteiger partial charge in [0.05, 0.1) is 18.5 Å². The molecule has 0 aliphatic carbocycles. The van der Waals surface area contributed by atoms with E-state index >= 15 is 0 Å². The third kappa shape index (κ3) is 2.83. The number of amides is 1. The van der Waals surface area contributed by atoms with Crippen LogP contribution in [-0.2, 0) is 9.53 Å². The number of hydrogen-bond donors (Lipinski definition) is 1. The van der Waals surface area contributed by atoms with E-state index in [1.807, 2.05) is 0 Å². The van der Waals surface area contributed by atoms with Crippen LogP contribution in [0.15, 0.2) is 12.3 Å². The average Bonchev–Trinajstić information content (AvgIpc) is 2.40. The molecule has 0 saturated carbocycles. The van der Waals surface area contributed by atoms with Crippen molar-refractivity contribution in [3.63, 3.8) is 0 Å². The lowest BCUT2D eigenvalue weighted by Gasteiger charge is -2.26. The molecule has 0 radical (unpaired) electrons. The summed E-state index contributed by atoms with van der Waals surface area (Å²) in [6, 6.07) is 1.57. The van der Waals surface area contributed by atoms with Crippen LogP contribution in [0.1, 0.15) is 36.5 Å². The highest BCUT2D eigenvalue weighted by Crippen LogP contribution is 2.23. The minimum absolute atomic E-state index is 0.0487. The molecule has 0 atom stereocenters. The third-order valence-corrected chi connectivity index (χ3v) is 3.03. The zero-order chi connectivity index (χ0) is 13.8. The number of pyridine rings is 1. The standard InChI is InChI=1S/C13H17N3O3/c1-2-19-13(18)10-7-9(8-15-12(10)14)16-6-4-3-5-11(16)17/h7-8H,2-6H2,1H3,(H2,14,15). The predicted octanol–water partition coefficient (Wildman–Crippen LogP) is 1.36. The van der Waals surface area contributed by atoms with Gasteiger partial charge in [-0.25, -0.2) is 9.78 Å². The van der Waals surface area contributed by atoms with Crippen LogP contribution in [0.3, 0.4) is 0 Å². The quantitative estimate of drug-likeness (QED) is 0.832. The fourth-order valence-corrected chi connectivity index (χ4v) is 2.06. The lowest BCUT2D eigenvalue weighted by molar-refractivity contribution is -0.119. The summed E-state index contributed by atoms with van der Waals surface area (Å²) in [5.74, 6) is -0.349. The Morgan fingerprint density at radius 1 is 1.53 bits per heavy atom. The van der Waals surface area contributed by atoms with Gasteiger partial charge in [-0.05, 0) is 25.8 Å². The highest BCUT2D eigenvalue weighted by molar-refractivity contribution is 5.98. The summed E-state index contributed by atoms with van der Waals surface area (Å²) in [6.07, 6.45) is 3.90. The van der Waals surface area contributed by atoms with E-state index in [9.17, 15) is 9.59 Å². The topological polar surface area (TPSA) is 85.5 Å². The number of nitrogens with two attached hydrogens (primary N) is 1. The van der Waals surface area contributed by atoms with Gasteiger partial charge < -0.3 is 15.4 Å². The summed E-state index contributed by atoms with van der Waals surface area (Å²) in [7, 11) is 0. The molecule has 1 aromatic heterocycles. The summed E-state index contributed by atoms with van der Waals surface area (Å²) < 4.78 is 4.92. The van der Waals surface area contributed by atoms with Crippen LogP contribution in [0.2, 0.25) is 0 Å². The molecule has 6 nitrogen and oxygen atoms in total. The van der Waals surface area contributed by atoms with E-state index in [2.05, 4.69) is 4.98 Å². The normalized spacial score (nSPS) is 15.4. The van der Waals surface area contributed by atoms with Crippen molar-refractivity contribution < 1.29 is 14.3 Å². The SMILES string of the molecule is CCOC(=O)c1cc(N2CCCCC2=O)cnc1N. The number of anilines is 2. The van der Waals surface area contributed by atoms with Gasteiger partial charge in [0.25, 0.3) is 0 Å². The molecule has 0 unspecified atom stereocenters. The number of hydrogen-bond acceptors (Lipinski definition) is 5. The molecule has 0 bridgehead atoms. The van der Waals surface area contributed by atoms with Gasteiger partial charge in [0.1, 0.15) is 11.4 Å². The number of nitrogens with zero attached hydrogens (tertiary/aromatic N) is 2. The maximum absolute atomic E-state index is 11.8. The lowest BCUT2D eigenvalue weighted by Crippen LogP contribution is -2.35. The second-order valence-electron chi connectivity index (χ2n) is 4.35. The molecule has 0 aromatic carbocycles. The van der Waals surface area contributed by atoms with Crippen LogP contribution in [0.5, 0.6) is 0 Å². The molecular formula is C13H17N3O3. The molecule has 1 amide bonds. The van der Waals surface area contributed by atoms with Crippen molar-refractivity contribution in [3.05, 3.63) is 17.8 Å². The Kier molecular flexibility index (Phi) is 3.99. The summed E-state index contributed by atoms with van der Waals surface area (Å²) in [5, 5.41) is 0. The Labute approximate surface area is 111 Å². The fraction of sp³-hybridized carbons (Fsp3) is 0.462. The Morgan fingerprint density at radius 2 is 2.32 bits per heavy atom. The summed E-state index contributed by atoms with van der Waals surface area (Å²) in [5.41, 5.74) is 6.47. The minimum atomic E-state index is -0.515. The van der Waals surface area contributed by atoms with Gasteiger partial charge in [-0.15, -0.1) is 0 Å².